The summed E-state index contributed by atoms with van der Waals surface area (Å²) in [6.07, 6.45) is 4.66. The molecule has 0 spiro atoms. The first-order chi connectivity index (χ1) is 18.1. The highest BCUT2D eigenvalue weighted by Gasteiger charge is 2.29. The van der Waals surface area contributed by atoms with E-state index in [-0.39, 0.29) is 10.6 Å². The predicted octanol–water partition coefficient (Wildman–Crippen LogP) is 4.63. The average Bonchev–Trinajstić information content (AvgIpc) is 3.41. The van der Waals surface area contributed by atoms with Crippen LogP contribution in [0.2, 0.25) is 0 Å². The highest BCUT2D eigenvalue weighted by Crippen LogP contribution is 2.38. The number of hydrogen-bond acceptors (Lipinski definition) is 5. The van der Waals surface area contributed by atoms with E-state index in [0.717, 1.165) is 41.6 Å². The number of carboxylic acid groups (broad SMARTS) is 1. The average molecular weight is 551 g/mol. The quantitative estimate of drug-likeness (QED) is 0.219. The molecule has 1 aliphatic carbocycles. The van der Waals surface area contributed by atoms with Crippen LogP contribution in [0.3, 0.4) is 0 Å². The molecule has 38 heavy (non-hydrogen) atoms. The summed E-state index contributed by atoms with van der Waals surface area (Å²) in [5.74, 6) is 4.79. The Labute approximate surface area is 225 Å². The number of nitrogens with zero attached hydrogens (tertiary/aromatic N) is 3. The number of halogens is 1. The zero-order chi connectivity index (χ0) is 27.0. The highest BCUT2D eigenvalue weighted by molar-refractivity contribution is 8.00. The molecule has 2 heterocycles. The summed E-state index contributed by atoms with van der Waals surface area (Å²) in [7, 11) is -3.25. The van der Waals surface area contributed by atoms with Gasteiger partial charge in [-0.15, -0.1) is 17.3 Å². The van der Waals surface area contributed by atoms with E-state index in [1.165, 1.54) is 35.1 Å². The fourth-order valence-electron chi connectivity index (χ4n) is 4.44. The zero-order valence-corrected chi connectivity index (χ0v) is 22.7. The lowest BCUT2D eigenvalue weighted by Crippen LogP contribution is -2.22. The summed E-state index contributed by atoms with van der Waals surface area (Å²) in [6.45, 7) is 1.78. The van der Waals surface area contributed by atoms with Crippen LogP contribution in [-0.4, -0.2) is 36.3 Å². The molecule has 1 aliphatic rings. The molecule has 7 nitrogen and oxygen atoms in total. The molecule has 0 aliphatic heterocycles. The second-order valence-corrected chi connectivity index (χ2v) is 12.9. The van der Waals surface area contributed by atoms with Gasteiger partial charge in [-0.1, -0.05) is 24.1 Å². The van der Waals surface area contributed by atoms with Crippen molar-refractivity contribution in [1.82, 2.24) is 14.8 Å². The monoisotopic (exact) mass is 550 g/mol. The van der Waals surface area contributed by atoms with Crippen LogP contribution in [0.4, 0.5) is 4.39 Å². The molecular weight excluding hydrogens is 523 g/mol. The van der Waals surface area contributed by atoms with Gasteiger partial charge in [0.15, 0.2) is 5.69 Å². The van der Waals surface area contributed by atoms with Crippen molar-refractivity contribution in [3.05, 3.63) is 81.7 Å². The van der Waals surface area contributed by atoms with Gasteiger partial charge in [0.2, 0.25) is 5.13 Å². The van der Waals surface area contributed by atoms with Crippen molar-refractivity contribution in [3.63, 3.8) is 0 Å². The minimum atomic E-state index is -3.25. The minimum Gasteiger partial charge on any atom is -0.476 e. The van der Waals surface area contributed by atoms with E-state index in [1.54, 1.807) is 17.7 Å². The molecule has 3 N–H and O–H groups in total. The molecule has 0 atom stereocenters. The number of benzene rings is 2. The Hall–Kier alpha value is -3.65. The second-order valence-electron chi connectivity index (χ2n) is 9.56. The maximum atomic E-state index is 14.9. The lowest BCUT2D eigenvalue weighted by atomic mass is 9.96. The van der Waals surface area contributed by atoms with E-state index in [1.807, 2.05) is 24.3 Å². The minimum absolute atomic E-state index is 0.0187. The standard InChI is InChI=1S/C28H27FN4O3S2/c1-3-5-17-6-4-7-20(12-17)26-21(13-19-10-11-25(22(29)14-19)38(2,30)36)24(15-18-8-9-18)33(32-26)28-31-23(16-37-28)27(34)35/h4,6-7,10-12,14,16,18,38H,8-9,13,15H2,1-2H3,(H2,30,36)(H,34,35). The van der Waals surface area contributed by atoms with Crippen LogP contribution in [-0.2, 0) is 23.0 Å². The summed E-state index contributed by atoms with van der Waals surface area (Å²) in [5, 5.41) is 22.1. The van der Waals surface area contributed by atoms with Crippen molar-refractivity contribution < 1.29 is 18.5 Å². The Morgan fingerprint density at radius 1 is 1.29 bits per heavy atom. The molecule has 0 radical (unpaired) electrons. The first-order valence-corrected chi connectivity index (χ1v) is 15.2. The number of carbonyl (C=O) groups is 1. The van der Waals surface area contributed by atoms with Gasteiger partial charge >= 0.3 is 5.97 Å². The number of aromatic carboxylic acids is 1. The van der Waals surface area contributed by atoms with Crippen LogP contribution in [0.1, 0.15) is 52.6 Å². The number of rotatable bonds is 8. The van der Waals surface area contributed by atoms with Gasteiger partial charge in [-0.05, 0) is 72.1 Å². The molecule has 196 valence electrons. The highest BCUT2D eigenvalue weighted by atomic mass is 32.3. The molecule has 2 aromatic carbocycles. The van der Waals surface area contributed by atoms with Crippen molar-refractivity contribution in [2.24, 2.45) is 11.1 Å². The number of carboxylic acids is 1. The Bertz CT molecular complexity index is 1650. The van der Waals surface area contributed by atoms with Gasteiger partial charge in [0.05, 0.1) is 16.3 Å². The maximum Gasteiger partial charge on any atom is 0.355 e. The third kappa shape index (κ3) is 5.45. The van der Waals surface area contributed by atoms with Crippen molar-refractivity contribution in [2.75, 3.05) is 6.26 Å². The number of nitrogens with two attached hydrogens (primary N) is 1. The van der Waals surface area contributed by atoms with Crippen LogP contribution in [0.5, 0.6) is 0 Å². The normalized spacial score (nSPS) is 13.7. The molecule has 4 aromatic rings. The van der Waals surface area contributed by atoms with E-state index in [2.05, 4.69) is 16.8 Å². The molecule has 0 saturated heterocycles. The Morgan fingerprint density at radius 2 is 2.08 bits per heavy atom. The molecular formula is C28H27FN4O3S2. The van der Waals surface area contributed by atoms with Gasteiger partial charge in [0, 0.05) is 34.7 Å². The Kier molecular flexibility index (Phi) is 7.01. The summed E-state index contributed by atoms with van der Waals surface area (Å²) in [5.41, 5.74) is 4.88. The molecule has 1 fully saturated rings. The molecule has 2 aromatic heterocycles. The van der Waals surface area contributed by atoms with Crippen molar-refractivity contribution in [1.29, 1.82) is 0 Å². The van der Waals surface area contributed by atoms with E-state index < -0.39 is 21.9 Å². The second kappa shape index (κ2) is 10.3. The van der Waals surface area contributed by atoms with Gasteiger partial charge < -0.3 is 5.11 Å². The fraction of sp³-hybridized carbons (Fsp3) is 0.250. The molecule has 0 amide bonds. The third-order valence-corrected chi connectivity index (χ3v) is 8.57. The predicted molar refractivity (Wildman–Crippen MR) is 148 cm³/mol. The van der Waals surface area contributed by atoms with Crippen LogP contribution < -0.4 is 5.14 Å². The Balaban J connectivity index is 1.69. The first kappa shape index (κ1) is 26.0. The lowest BCUT2D eigenvalue weighted by Gasteiger charge is -2.15. The molecule has 5 rings (SSSR count). The van der Waals surface area contributed by atoms with Gasteiger partial charge in [-0.3, -0.25) is 9.35 Å². The zero-order valence-electron chi connectivity index (χ0n) is 20.9. The van der Waals surface area contributed by atoms with Crippen LogP contribution in [0.15, 0.2) is 52.7 Å². The molecule has 0 unspecified atom stereocenters. The fourth-order valence-corrected chi connectivity index (χ4v) is 6.07. The van der Waals surface area contributed by atoms with Gasteiger partial charge in [0.1, 0.15) is 5.82 Å². The molecule has 1 saturated carbocycles. The summed E-state index contributed by atoms with van der Waals surface area (Å²) in [4.78, 5) is 15.9. The number of thiol groups is 1. The van der Waals surface area contributed by atoms with Gasteiger partial charge in [-0.2, -0.15) is 5.10 Å². The van der Waals surface area contributed by atoms with Crippen molar-refractivity contribution in [3.8, 4) is 28.2 Å². The van der Waals surface area contributed by atoms with E-state index in [9.17, 15) is 18.5 Å². The van der Waals surface area contributed by atoms with Crippen molar-refractivity contribution >= 4 is 27.4 Å². The summed E-state index contributed by atoms with van der Waals surface area (Å²) >= 11 is 1.22. The van der Waals surface area contributed by atoms with E-state index in [4.69, 9.17) is 10.2 Å². The largest absolute Gasteiger partial charge is 0.476 e. The maximum absolute atomic E-state index is 14.9. The van der Waals surface area contributed by atoms with Gasteiger partial charge in [-0.25, -0.2) is 18.9 Å². The number of thiazole rings is 1. The third-order valence-electron chi connectivity index (χ3n) is 6.44. The van der Waals surface area contributed by atoms with Crippen LogP contribution in [0, 0.1) is 23.6 Å². The summed E-state index contributed by atoms with van der Waals surface area (Å²) in [6, 6.07) is 12.4. The number of hydrogen-bond donors (Lipinski definition) is 3. The van der Waals surface area contributed by atoms with Crippen LogP contribution in [0.25, 0.3) is 16.4 Å². The molecule has 0 bridgehead atoms. The topological polar surface area (TPSA) is 111 Å². The van der Waals surface area contributed by atoms with E-state index in [0.29, 0.717) is 28.7 Å². The van der Waals surface area contributed by atoms with Crippen molar-refractivity contribution in [2.45, 2.75) is 37.5 Å². The SMILES string of the molecule is CC#Cc1cccc(-c2nn(-c3nc(C(=O)O)cs3)c(CC3CC3)c2Cc2ccc([SH](C)(N)=O)c(F)c2)c1. The first-order valence-electron chi connectivity index (χ1n) is 12.1. The van der Waals surface area contributed by atoms with Crippen LogP contribution >= 0.6 is 11.3 Å². The summed E-state index contributed by atoms with van der Waals surface area (Å²) < 4.78 is 29.0. The smallest absolute Gasteiger partial charge is 0.355 e. The van der Waals surface area contributed by atoms with Gasteiger partial charge in [0.25, 0.3) is 0 Å². The lowest BCUT2D eigenvalue weighted by molar-refractivity contribution is 0.0691. The van der Waals surface area contributed by atoms with E-state index >= 15 is 0 Å². The molecule has 10 heteroatoms. The number of aromatic nitrogens is 3. The Morgan fingerprint density at radius 3 is 2.71 bits per heavy atom.